The Hall–Kier alpha value is -0.930. The van der Waals surface area contributed by atoms with Crippen LogP contribution >= 0.6 is 0 Å². The fraction of sp³-hybridized carbons (Fsp3) is 0.941. The first-order valence-electron chi connectivity index (χ1n) is 7.97. The normalized spacial score (nSPS) is 13.7. The highest BCUT2D eigenvalue weighted by molar-refractivity contribution is 5.69. The first kappa shape index (κ1) is 20.1. The predicted molar refractivity (Wildman–Crippen MR) is 87.6 cm³/mol. The third-order valence-corrected chi connectivity index (χ3v) is 2.71. The third kappa shape index (κ3) is 13.8. The molecule has 124 valence electrons. The molecule has 4 nitrogen and oxygen atoms in total. The Kier molecular flexibility index (Phi) is 7.55. The third-order valence-electron chi connectivity index (χ3n) is 2.71. The molecule has 0 heterocycles. The summed E-state index contributed by atoms with van der Waals surface area (Å²) >= 11 is 0. The Morgan fingerprint density at radius 1 is 0.857 bits per heavy atom. The average molecular weight is 298 g/mol. The van der Waals surface area contributed by atoms with Gasteiger partial charge in [0.25, 0.3) is 0 Å². The molecule has 0 spiro atoms. The SMILES string of the molecule is CC(C)(C)N=NC(C)(C)CCCCCC(=O)OC(C)(C)C. The predicted octanol–water partition coefficient (Wildman–Crippen LogP) is 5.31. The number of carbonyl (C=O) groups is 1. The van der Waals surface area contributed by atoms with Crippen molar-refractivity contribution < 1.29 is 9.53 Å². The van der Waals surface area contributed by atoms with E-state index in [-0.39, 0.29) is 22.6 Å². The minimum Gasteiger partial charge on any atom is -0.460 e. The second kappa shape index (κ2) is 7.90. The van der Waals surface area contributed by atoms with Gasteiger partial charge in [-0.2, -0.15) is 10.2 Å². The summed E-state index contributed by atoms with van der Waals surface area (Å²) in [6.45, 7) is 16.1. The van der Waals surface area contributed by atoms with Crippen molar-refractivity contribution in [3.8, 4) is 0 Å². The highest BCUT2D eigenvalue weighted by Gasteiger charge is 2.19. The van der Waals surface area contributed by atoms with Crippen LogP contribution in [0.1, 0.15) is 87.5 Å². The number of hydrogen-bond acceptors (Lipinski definition) is 4. The number of ether oxygens (including phenoxy) is 1. The van der Waals surface area contributed by atoms with Gasteiger partial charge in [-0.15, -0.1) is 0 Å². The summed E-state index contributed by atoms with van der Waals surface area (Å²) in [5.74, 6) is -0.103. The minimum atomic E-state index is -0.383. The van der Waals surface area contributed by atoms with E-state index in [9.17, 15) is 4.79 Å². The zero-order chi connectivity index (χ0) is 16.7. The van der Waals surface area contributed by atoms with Crippen molar-refractivity contribution in [3.05, 3.63) is 0 Å². The first-order chi connectivity index (χ1) is 9.31. The number of hydrogen-bond donors (Lipinski definition) is 0. The lowest BCUT2D eigenvalue weighted by Gasteiger charge is -2.21. The second-order valence-corrected chi connectivity index (χ2v) is 8.33. The quantitative estimate of drug-likeness (QED) is 0.363. The van der Waals surface area contributed by atoms with Crippen LogP contribution in [0.4, 0.5) is 0 Å². The van der Waals surface area contributed by atoms with E-state index in [4.69, 9.17) is 4.74 Å². The molecule has 0 aromatic carbocycles. The van der Waals surface area contributed by atoms with Gasteiger partial charge in [0.1, 0.15) is 5.60 Å². The molecule has 0 radical (unpaired) electrons. The van der Waals surface area contributed by atoms with Crippen LogP contribution in [0.2, 0.25) is 0 Å². The van der Waals surface area contributed by atoms with Crippen LogP contribution in [-0.4, -0.2) is 22.6 Å². The van der Waals surface area contributed by atoms with Gasteiger partial charge in [0.15, 0.2) is 0 Å². The zero-order valence-corrected chi connectivity index (χ0v) is 15.2. The van der Waals surface area contributed by atoms with E-state index in [1.165, 1.54) is 0 Å². The summed E-state index contributed by atoms with van der Waals surface area (Å²) in [4.78, 5) is 11.6. The van der Waals surface area contributed by atoms with Crippen molar-refractivity contribution in [1.29, 1.82) is 0 Å². The summed E-state index contributed by atoms with van der Waals surface area (Å²) < 4.78 is 5.29. The maximum Gasteiger partial charge on any atom is 0.306 e. The fourth-order valence-corrected chi connectivity index (χ4v) is 1.73. The Morgan fingerprint density at radius 2 is 1.43 bits per heavy atom. The van der Waals surface area contributed by atoms with E-state index >= 15 is 0 Å². The van der Waals surface area contributed by atoms with Crippen LogP contribution in [0.15, 0.2) is 10.2 Å². The van der Waals surface area contributed by atoms with Gasteiger partial charge in [0.2, 0.25) is 0 Å². The Morgan fingerprint density at radius 3 is 1.90 bits per heavy atom. The molecule has 0 aromatic heterocycles. The van der Waals surface area contributed by atoms with Gasteiger partial charge in [-0.05, 0) is 68.2 Å². The molecule has 0 aliphatic rings. The van der Waals surface area contributed by atoms with Crippen LogP contribution in [0, 0.1) is 0 Å². The smallest absolute Gasteiger partial charge is 0.306 e. The number of nitrogens with zero attached hydrogens (tertiary/aromatic N) is 2. The molecule has 21 heavy (non-hydrogen) atoms. The number of azo groups is 1. The Balaban J connectivity index is 3.90. The first-order valence-corrected chi connectivity index (χ1v) is 7.97. The van der Waals surface area contributed by atoms with E-state index in [0.717, 1.165) is 25.7 Å². The highest BCUT2D eigenvalue weighted by Crippen LogP contribution is 2.22. The largest absolute Gasteiger partial charge is 0.460 e. The molecule has 0 N–H and O–H groups in total. The average Bonchev–Trinajstić information content (AvgIpc) is 2.22. The Bertz CT molecular complexity index is 347. The van der Waals surface area contributed by atoms with Crippen LogP contribution in [0.25, 0.3) is 0 Å². The molecule has 0 aliphatic heterocycles. The highest BCUT2D eigenvalue weighted by atomic mass is 16.6. The molecule has 4 heteroatoms. The minimum absolute atomic E-state index is 0.103. The number of esters is 1. The summed E-state index contributed by atoms with van der Waals surface area (Å²) in [5, 5.41) is 8.79. The number of rotatable bonds is 7. The number of carbonyl (C=O) groups excluding carboxylic acids is 1. The van der Waals surface area contributed by atoms with Gasteiger partial charge in [0.05, 0.1) is 11.1 Å². The van der Waals surface area contributed by atoms with Gasteiger partial charge in [-0.1, -0.05) is 12.8 Å². The van der Waals surface area contributed by atoms with Crippen LogP contribution < -0.4 is 0 Å². The lowest BCUT2D eigenvalue weighted by molar-refractivity contribution is -0.154. The molecule has 0 rings (SSSR count). The van der Waals surface area contributed by atoms with Gasteiger partial charge in [-0.3, -0.25) is 4.79 Å². The van der Waals surface area contributed by atoms with E-state index in [1.54, 1.807) is 0 Å². The Labute approximate surface area is 130 Å². The van der Waals surface area contributed by atoms with Crippen molar-refractivity contribution in [2.45, 2.75) is 104 Å². The molecule has 0 aromatic rings. The van der Waals surface area contributed by atoms with Crippen LogP contribution in [0.3, 0.4) is 0 Å². The van der Waals surface area contributed by atoms with E-state index in [2.05, 4.69) is 24.1 Å². The van der Waals surface area contributed by atoms with Crippen LogP contribution in [0.5, 0.6) is 0 Å². The fourth-order valence-electron chi connectivity index (χ4n) is 1.73. The molecule has 0 aliphatic carbocycles. The van der Waals surface area contributed by atoms with Crippen molar-refractivity contribution in [1.82, 2.24) is 0 Å². The molecule has 0 saturated carbocycles. The summed E-state index contributed by atoms with van der Waals surface area (Å²) in [7, 11) is 0. The standard InChI is InChI=1S/C17H34N2O2/c1-15(2,3)18-19-17(7,8)13-11-9-10-12-14(20)21-16(4,5)6/h9-13H2,1-8H3. The molecule has 0 fully saturated rings. The van der Waals surface area contributed by atoms with E-state index in [0.29, 0.717) is 6.42 Å². The van der Waals surface area contributed by atoms with Crippen molar-refractivity contribution in [3.63, 3.8) is 0 Å². The topological polar surface area (TPSA) is 51.0 Å². The van der Waals surface area contributed by atoms with Crippen molar-refractivity contribution in [2.24, 2.45) is 10.2 Å². The summed E-state index contributed by atoms with van der Waals surface area (Å²) in [6, 6.07) is 0. The van der Waals surface area contributed by atoms with Gasteiger partial charge < -0.3 is 4.74 Å². The molecular weight excluding hydrogens is 264 g/mol. The maximum absolute atomic E-state index is 11.6. The molecule has 0 atom stereocenters. The van der Waals surface area contributed by atoms with Crippen molar-refractivity contribution in [2.75, 3.05) is 0 Å². The number of unbranched alkanes of at least 4 members (excludes halogenated alkanes) is 2. The summed E-state index contributed by atoms with van der Waals surface area (Å²) in [5.41, 5.74) is -0.625. The van der Waals surface area contributed by atoms with Gasteiger partial charge in [-0.25, -0.2) is 0 Å². The van der Waals surface area contributed by atoms with Crippen LogP contribution in [-0.2, 0) is 9.53 Å². The molecule has 0 amide bonds. The molecule has 0 bridgehead atoms. The zero-order valence-electron chi connectivity index (χ0n) is 15.2. The molecular formula is C17H34N2O2. The maximum atomic E-state index is 11.6. The molecule has 0 saturated heterocycles. The van der Waals surface area contributed by atoms with Gasteiger partial charge >= 0.3 is 5.97 Å². The van der Waals surface area contributed by atoms with E-state index < -0.39 is 0 Å². The van der Waals surface area contributed by atoms with Crippen molar-refractivity contribution >= 4 is 5.97 Å². The summed E-state index contributed by atoms with van der Waals surface area (Å²) in [6.07, 6.45) is 4.44. The molecule has 0 unspecified atom stereocenters. The second-order valence-electron chi connectivity index (χ2n) is 8.33. The lowest BCUT2D eigenvalue weighted by Crippen LogP contribution is -2.23. The lowest BCUT2D eigenvalue weighted by atomic mass is 9.97. The van der Waals surface area contributed by atoms with E-state index in [1.807, 2.05) is 41.5 Å². The van der Waals surface area contributed by atoms with Gasteiger partial charge in [0, 0.05) is 6.42 Å². The monoisotopic (exact) mass is 298 g/mol.